The number of unbranched alkanes of at least 4 members (excludes halogenated alkanes) is 1. The van der Waals surface area contributed by atoms with E-state index in [0.717, 1.165) is 31.7 Å². The van der Waals surface area contributed by atoms with Crippen LogP contribution in [0.4, 0.5) is 0 Å². The van der Waals surface area contributed by atoms with E-state index in [4.69, 9.17) is 4.74 Å². The maximum atomic E-state index is 5.87. The van der Waals surface area contributed by atoms with Crippen LogP contribution in [0, 0.1) is 6.92 Å². The second-order valence-corrected chi connectivity index (χ2v) is 5.99. The van der Waals surface area contributed by atoms with Gasteiger partial charge in [-0.2, -0.15) is 0 Å². The topological polar surface area (TPSA) is 21.3 Å². The Morgan fingerprint density at radius 1 is 1.32 bits per heavy atom. The van der Waals surface area contributed by atoms with Gasteiger partial charge in [-0.1, -0.05) is 23.8 Å². The Balaban J connectivity index is 2.65. The third-order valence-electron chi connectivity index (χ3n) is 2.84. The average molecular weight is 261 g/mol. The first kappa shape index (κ1) is 15.8. The number of hydrogen-bond donors (Lipinski definition) is 1. The van der Waals surface area contributed by atoms with Gasteiger partial charge in [-0.05, 0) is 46.6 Å². The van der Waals surface area contributed by atoms with E-state index < -0.39 is 0 Å². The Bertz CT molecular complexity index is 404. The van der Waals surface area contributed by atoms with E-state index in [9.17, 15) is 0 Å². The summed E-state index contributed by atoms with van der Waals surface area (Å²) >= 11 is 0. The lowest BCUT2D eigenvalue weighted by atomic mass is 10.1. The highest BCUT2D eigenvalue weighted by molar-refractivity contribution is 5.37. The van der Waals surface area contributed by atoms with Crippen molar-refractivity contribution >= 4 is 0 Å². The van der Waals surface area contributed by atoms with Crippen molar-refractivity contribution in [3.63, 3.8) is 0 Å². The summed E-state index contributed by atoms with van der Waals surface area (Å²) in [5.74, 6) is 0.992. The molecule has 0 unspecified atom stereocenters. The lowest BCUT2D eigenvalue weighted by Crippen LogP contribution is -2.35. The Labute approximate surface area is 117 Å². The fourth-order valence-electron chi connectivity index (χ4n) is 1.76. The summed E-state index contributed by atoms with van der Waals surface area (Å²) in [5, 5.41) is 3.51. The van der Waals surface area contributed by atoms with E-state index in [2.05, 4.69) is 57.8 Å². The number of nitrogens with one attached hydrogen (secondary N) is 1. The van der Waals surface area contributed by atoms with Gasteiger partial charge in [0.1, 0.15) is 5.75 Å². The number of aryl methyl sites for hydroxylation is 1. The van der Waals surface area contributed by atoms with E-state index in [1.54, 1.807) is 0 Å². The molecule has 2 nitrogen and oxygen atoms in total. The molecular formula is C17H27NO. The average Bonchev–Trinajstić information content (AvgIpc) is 2.33. The number of ether oxygens (including phenoxy) is 1. The Hall–Kier alpha value is -1.28. The molecule has 1 aromatic carbocycles. The summed E-state index contributed by atoms with van der Waals surface area (Å²) in [5.41, 5.74) is 2.61. The minimum Gasteiger partial charge on any atom is -0.493 e. The number of allylic oxidation sites excluding steroid dienone is 1. The van der Waals surface area contributed by atoms with Gasteiger partial charge in [0.25, 0.3) is 0 Å². The van der Waals surface area contributed by atoms with Gasteiger partial charge in [-0.3, -0.25) is 0 Å². The summed E-state index contributed by atoms with van der Waals surface area (Å²) in [6.07, 6.45) is 3.95. The fraction of sp³-hybridized carbons (Fsp3) is 0.529. The Morgan fingerprint density at radius 2 is 2.05 bits per heavy atom. The van der Waals surface area contributed by atoms with E-state index >= 15 is 0 Å². The predicted octanol–water partition coefficient (Wildman–Crippen LogP) is 4.23. The van der Waals surface area contributed by atoms with Crippen LogP contribution in [0.25, 0.3) is 0 Å². The molecule has 0 atom stereocenters. The van der Waals surface area contributed by atoms with Crippen LogP contribution in [-0.4, -0.2) is 12.1 Å². The molecule has 106 valence electrons. The predicted molar refractivity (Wildman–Crippen MR) is 82.7 cm³/mol. The summed E-state index contributed by atoms with van der Waals surface area (Å²) in [6, 6.07) is 6.37. The minimum atomic E-state index is 0.115. The zero-order valence-electron chi connectivity index (χ0n) is 12.8. The van der Waals surface area contributed by atoms with Gasteiger partial charge < -0.3 is 10.1 Å². The first-order valence-electron chi connectivity index (χ1n) is 7.00. The van der Waals surface area contributed by atoms with Crippen LogP contribution >= 0.6 is 0 Å². The van der Waals surface area contributed by atoms with Crippen molar-refractivity contribution in [3.8, 4) is 5.75 Å². The molecule has 0 aliphatic rings. The summed E-state index contributed by atoms with van der Waals surface area (Å²) < 4.78 is 5.87. The molecule has 0 aromatic heterocycles. The molecule has 1 aromatic rings. The van der Waals surface area contributed by atoms with Crippen molar-refractivity contribution in [1.82, 2.24) is 5.32 Å². The molecule has 0 aliphatic heterocycles. The first-order valence-corrected chi connectivity index (χ1v) is 7.00. The lowest BCUT2D eigenvalue weighted by Gasteiger charge is -2.22. The molecule has 0 saturated carbocycles. The van der Waals surface area contributed by atoms with Gasteiger partial charge in [0.05, 0.1) is 6.61 Å². The van der Waals surface area contributed by atoms with E-state index in [-0.39, 0.29) is 5.54 Å². The van der Waals surface area contributed by atoms with E-state index in [1.165, 1.54) is 11.1 Å². The summed E-state index contributed by atoms with van der Waals surface area (Å²) in [4.78, 5) is 0. The molecule has 0 bridgehead atoms. The maximum Gasteiger partial charge on any atom is 0.123 e. The van der Waals surface area contributed by atoms with Crippen LogP contribution in [0.1, 0.15) is 44.7 Å². The van der Waals surface area contributed by atoms with Gasteiger partial charge in [-0.25, -0.2) is 0 Å². The molecule has 0 radical (unpaired) electrons. The normalized spacial score (nSPS) is 11.4. The summed E-state index contributed by atoms with van der Waals surface area (Å²) in [7, 11) is 0. The third kappa shape index (κ3) is 6.44. The zero-order valence-corrected chi connectivity index (χ0v) is 12.8. The molecule has 0 fully saturated rings. The van der Waals surface area contributed by atoms with Gasteiger partial charge in [0.2, 0.25) is 0 Å². The molecule has 0 amide bonds. The lowest BCUT2D eigenvalue weighted by molar-refractivity contribution is 0.306. The third-order valence-corrected chi connectivity index (χ3v) is 2.84. The smallest absolute Gasteiger partial charge is 0.123 e. The van der Waals surface area contributed by atoms with Crippen LogP contribution in [0.2, 0.25) is 0 Å². The molecular weight excluding hydrogens is 234 g/mol. The highest BCUT2D eigenvalue weighted by Gasteiger charge is 2.11. The first-order chi connectivity index (χ1) is 8.92. The van der Waals surface area contributed by atoms with Crippen molar-refractivity contribution in [1.29, 1.82) is 0 Å². The number of hydrogen-bond acceptors (Lipinski definition) is 2. The molecule has 0 spiro atoms. The molecule has 0 saturated heterocycles. The zero-order chi connectivity index (χ0) is 14.3. The highest BCUT2D eigenvalue weighted by Crippen LogP contribution is 2.21. The quantitative estimate of drug-likeness (QED) is 0.586. The Morgan fingerprint density at radius 3 is 2.68 bits per heavy atom. The van der Waals surface area contributed by atoms with Gasteiger partial charge in [-0.15, -0.1) is 6.58 Å². The van der Waals surface area contributed by atoms with Crippen LogP contribution in [0.15, 0.2) is 30.9 Å². The minimum absolute atomic E-state index is 0.115. The Kier molecular flexibility index (Phi) is 6.10. The molecule has 1 N–H and O–H groups in total. The molecule has 0 aliphatic carbocycles. The van der Waals surface area contributed by atoms with Crippen molar-refractivity contribution in [2.75, 3.05) is 6.61 Å². The van der Waals surface area contributed by atoms with E-state index in [1.807, 2.05) is 6.08 Å². The van der Waals surface area contributed by atoms with Crippen molar-refractivity contribution in [2.24, 2.45) is 0 Å². The van der Waals surface area contributed by atoms with Gasteiger partial charge in [0, 0.05) is 17.6 Å². The molecule has 19 heavy (non-hydrogen) atoms. The van der Waals surface area contributed by atoms with Crippen molar-refractivity contribution in [3.05, 3.63) is 42.0 Å². The monoisotopic (exact) mass is 261 g/mol. The summed E-state index contributed by atoms with van der Waals surface area (Å²) in [6.45, 7) is 13.9. The van der Waals surface area contributed by atoms with Crippen LogP contribution in [-0.2, 0) is 6.54 Å². The van der Waals surface area contributed by atoms with Crippen LogP contribution in [0.3, 0.4) is 0 Å². The molecule has 0 heterocycles. The highest BCUT2D eigenvalue weighted by atomic mass is 16.5. The standard InChI is InChI=1S/C17H27NO/c1-6-7-8-11-19-16-10-9-14(2)12-15(16)13-18-17(3,4)5/h6,9-10,12,18H,1,7-8,11,13H2,2-5H3. The van der Waals surface area contributed by atoms with Crippen molar-refractivity contribution < 1.29 is 4.74 Å². The van der Waals surface area contributed by atoms with E-state index in [0.29, 0.717) is 0 Å². The second-order valence-electron chi connectivity index (χ2n) is 5.99. The maximum absolute atomic E-state index is 5.87. The van der Waals surface area contributed by atoms with Gasteiger partial charge >= 0.3 is 0 Å². The SMILES string of the molecule is C=CCCCOc1ccc(C)cc1CNC(C)(C)C. The largest absolute Gasteiger partial charge is 0.493 e. The second kappa shape index (κ2) is 7.34. The van der Waals surface area contributed by atoms with Crippen LogP contribution in [0.5, 0.6) is 5.75 Å². The van der Waals surface area contributed by atoms with Gasteiger partial charge in [0.15, 0.2) is 0 Å². The number of benzene rings is 1. The van der Waals surface area contributed by atoms with Crippen molar-refractivity contribution in [2.45, 2.75) is 52.6 Å². The van der Waals surface area contributed by atoms with Crippen LogP contribution < -0.4 is 10.1 Å². The molecule has 2 heteroatoms. The molecule has 1 rings (SSSR count). The fourth-order valence-corrected chi connectivity index (χ4v) is 1.76. The number of rotatable bonds is 7.